The fraction of sp³-hybridized carbons (Fsp3) is 0.429. The Hall–Kier alpha value is -2.04. The maximum Gasteiger partial charge on any atom is 0.319 e. The van der Waals surface area contributed by atoms with Gasteiger partial charge in [0, 0.05) is 6.42 Å². The van der Waals surface area contributed by atoms with E-state index in [1.54, 1.807) is 0 Å². The molecule has 2 N–H and O–H groups in total. The van der Waals surface area contributed by atoms with Crippen LogP contribution in [0.1, 0.15) is 18.4 Å². The number of hydrogen-bond donors (Lipinski definition) is 2. The fourth-order valence-corrected chi connectivity index (χ4v) is 2.41. The molecule has 1 aromatic carbocycles. The topological polar surface area (TPSA) is 75.6 Å². The van der Waals surface area contributed by atoms with Gasteiger partial charge in [0.15, 0.2) is 0 Å². The third kappa shape index (κ3) is 2.05. The molecule has 19 heavy (non-hydrogen) atoms. The lowest BCUT2D eigenvalue weighted by atomic mass is 10.1. The molecule has 1 aromatic rings. The SMILES string of the molecule is O=C(O)C1(C(=O)NCC2Cc3ccccc3O2)CC1. The number of nitrogens with one attached hydrogen (secondary N) is 1. The highest BCUT2D eigenvalue weighted by Crippen LogP contribution is 2.46. The van der Waals surface area contributed by atoms with Crippen molar-refractivity contribution in [1.29, 1.82) is 0 Å². The second kappa shape index (κ2) is 4.26. The van der Waals surface area contributed by atoms with E-state index < -0.39 is 11.4 Å². The first-order valence-corrected chi connectivity index (χ1v) is 6.38. The quantitative estimate of drug-likeness (QED) is 0.792. The number of carboxylic acids is 1. The van der Waals surface area contributed by atoms with E-state index in [4.69, 9.17) is 9.84 Å². The minimum absolute atomic E-state index is 0.106. The molecule has 0 radical (unpaired) electrons. The van der Waals surface area contributed by atoms with Gasteiger partial charge in [-0.1, -0.05) is 18.2 Å². The van der Waals surface area contributed by atoms with Crippen LogP contribution >= 0.6 is 0 Å². The highest BCUT2D eigenvalue weighted by molar-refractivity contribution is 6.04. The zero-order valence-electron chi connectivity index (χ0n) is 10.4. The minimum Gasteiger partial charge on any atom is -0.488 e. The molecule has 3 rings (SSSR count). The van der Waals surface area contributed by atoms with Gasteiger partial charge in [-0.05, 0) is 24.5 Å². The van der Waals surface area contributed by atoms with E-state index in [-0.39, 0.29) is 12.0 Å². The minimum atomic E-state index is -1.18. The lowest BCUT2D eigenvalue weighted by molar-refractivity contribution is -0.149. The molecule has 1 aliphatic heterocycles. The molecule has 1 atom stereocenters. The third-order valence-corrected chi connectivity index (χ3v) is 3.80. The number of benzene rings is 1. The maximum atomic E-state index is 11.9. The van der Waals surface area contributed by atoms with Crippen molar-refractivity contribution in [2.24, 2.45) is 5.41 Å². The van der Waals surface area contributed by atoms with Crippen LogP contribution in [-0.2, 0) is 16.0 Å². The fourth-order valence-electron chi connectivity index (χ4n) is 2.41. The van der Waals surface area contributed by atoms with E-state index in [1.807, 2.05) is 24.3 Å². The summed E-state index contributed by atoms with van der Waals surface area (Å²) >= 11 is 0. The van der Waals surface area contributed by atoms with Crippen LogP contribution < -0.4 is 10.1 Å². The first-order valence-electron chi connectivity index (χ1n) is 6.38. The van der Waals surface area contributed by atoms with Crippen LogP contribution in [-0.4, -0.2) is 29.6 Å². The Morgan fingerprint density at radius 1 is 1.37 bits per heavy atom. The summed E-state index contributed by atoms with van der Waals surface area (Å²) in [5.74, 6) is -0.568. The van der Waals surface area contributed by atoms with Crippen molar-refractivity contribution in [2.75, 3.05) is 6.54 Å². The largest absolute Gasteiger partial charge is 0.488 e. The summed E-state index contributed by atoms with van der Waals surface area (Å²) in [6, 6.07) is 7.75. The lowest BCUT2D eigenvalue weighted by Gasteiger charge is -2.14. The highest BCUT2D eigenvalue weighted by atomic mass is 16.5. The Morgan fingerprint density at radius 2 is 2.11 bits per heavy atom. The van der Waals surface area contributed by atoms with Gasteiger partial charge in [0.25, 0.3) is 0 Å². The molecule has 0 bridgehead atoms. The monoisotopic (exact) mass is 261 g/mol. The number of para-hydroxylation sites is 1. The van der Waals surface area contributed by atoms with Gasteiger partial charge < -0.3 is 15.2 Å². The number of carbonyl (C=O) groups is 2. The Labute approximate surface area is 110 Å². The van der Waals surface area contributed by atoms with Crippen LogP contribution in [0.3, 0.4) is 0 Å². The maximum absolute atomic E-state index is 11.9. The van der Waals surface area contributed by atoms with Crippen LogP contribution in [0.2, 0.25) is 0 Å². The van der Waals surface area contributed by atoms with Crippen molar-refractivity contribution < 1.29 is 19.4 Å². The van der Waals surface area contributed by atoms with Crippen LogP contribution in [0.5, 0.6) is 5.75 Å². The standard InChI is InChI=1S/C14H15NO4/c16-12(14(5-6-14)13(17)18)15-8-10-7-9-3-1-2-4-11(9)19-10/h1-4,10H,5-8H2,(H,15,16)(H,17,18). The summed E-state index contributed by atoms with van der Waals surface area (Å²) in [6.45, 7) is 0.350. The summed E-state index contributed by atoms with van der Waals surface area (Å²) in [6.07, 6.45) is 1.50. The molecule has 5 heteroatoms. The Bertz CT molecular complexity index is 511. The Balaban J connectivity index is 1.55. The molecule has 0 spiro atoms. The molecule has 1 aliphatic carbocycles. The molecule has 100 valence electrons. The molecule has 1 heterocycles. The second-order valence-electron chi connectivity index (χ2n) is 5.15. The number of hydrogen-bond acceptors (Lipinski definition) is 3. The predicted molar refractivity (Wildman–Crippen MR) is 66.9 cm³/mol. The second-order valence-corrected chi connectivity index (χ2v) is 5.15. The smallest absolute Gasteiger partial charge is 0.319 e. The van der Waals surface area contributed by atoms with Gasteiger partial charge in [-0.15, -0.1) is 0 Å². The van der Waals surface area contributed by atoms with Crippen molar-refractivity contribution >= 4 is 11.9 Å². The van der Waals surface area contributed by atoms with E-state index in [9.17, 15) is 9.59 Å². The summed E-state index contributed by atoms with van der Waals surface area (Å²) in [5.41, 5.74) is -0.0491. The molecule has 1 amide bonds. The number of carboxylic acid groups (broad SMARTS) is 1. The van der Waals surface area contributed by atoms with E-state index >= 15 is 0 Å². The molecule has 1 fully saturated rings. The average molecular weight is 261 g/mol. The molecule has 1 unspecified atom stereocenters. The molecule has 2 aliphatic rings. The summed E-state index contributed by atoms with van der Waals surface area (Å²) in [7, 11) is 0. The van der Waals surface area contributed by atoms with Crippen molar-refractivity contribution in [2.45, 2.75) is 25.4 Å². The number of ether oxygens (including phenoxy) is 1. The van der Waals surface area contributed by atoms with Gasteiger partial charge >= 0.3 is 5.97 Å². The number of carbonyl (C=O) groups excluding carboxylic acids is 1. The van der Waals surface area contributed by atoms with Gasteiger partial charge in [-0.2, -0.15) is 0 Å². The summed E-state index contributed by atoms with van der Waals surface area (Å²) < 4.78 is 5.69. The summed E-state index contributed by atoms with van der Waals surface area (Å²) in [5, 5.41) is 11.7. The average Bonchev–Trinajstić information content (AvgIpc) is 3.11. The van der Waals surface area contributed by atoms with E-state index in [1.165, 1.54) is 0 Å². The van der Waals surface area contributed by atoms with E-state index in [0.717, 1.165) is 17.7 Å². The first-order chi connectivity index (χ1) is 9.12. The van der Waals surface area contributed by atoms with Gasteiger partial charge in [0.05, 0.1) is 6.54 Å². The van der Waals surface area contributed by atoms with Crippen molar-refractivity contribution in [3.05, 3.63) is 29.8 Å². The number of fused-ring (bicyclic) bond motifs is 1. The first kappa shape index (κ1) is 12.0. The predicted octanol–water partition coefficient (Wildman–Crippen LogP) is 0.971. The zero-order chi connectivity index (χ0) is 13.5. The third-order valence-electron chi connectivity index (χ3n) is 3.80. The van der Waals surface area contributed by atoms with Gasteiger partial charge in [-0.3, -0.25) is 9.59 Å². The van der Waals surface area contributed by atoms with Crippen LogP contribution in [0.25, 0.3) is 0 Å². The molecule has 1 saturated carbocycles. The Morgan fingerprint density at radius 3 is 2.74 bits per heavy atom. The number of amides is 1. The van der Waals surface area contributed by atoms with Crippen molar-refractivity contribution in [3.8, 4) is 5.75 Å². The molecular weight excluding hydrogens is 246 g/mol. The van der Waals surface area contributed by atoms with Crippen LogP contribution in [0.15, 0.2) is 24.3 Å². The zero-order valence-corrected chi connectivity index (χ0v) is 10.4. The van der Waals surface area contributed by atoms with Crippen molar-refractivity contribution in [3.63, 3.8) is 0 Å². The number of rotatable bonds is 4. The van der Waals surface area contributed by atoms with Gasteiger partial charge in [0.2, 0.25) is 5.91 Å². The van der Waals surface area contributed by atoms with Crippen LogP contribution in [0.4, 0.5) is 0 Å². The molecule has 5 nitrogen and oxygen atoms in total. The van der Waals surface area contributed by atoms with E-state index in [0.29, 0.717) is 19.4 Å². The van der Waals surface area contributed by atoms with Gasteiger partial charge in [0.1, 0.15) is 17.3 Å². The lowest BCUT2D eigenvalue weighted by Crippen LogP contribution is -2.41. The normalized spacial score (nSPS) is 22.2. The number of aliphatic carboxylic acids is 1. The van der Waals surface area contributed by atoms with Crippen LogP contribution in [0, 0.1) is 5.41 Å². The van der Waals surface area contributed by atoms with Gasteiger partial charge in [-0.25, -0.2) is 0 Å². The highest BCUT2D eigenvalue weighted by Gasteiger charge is 2.57. The summed E-state index contributed by atoms with van der Waals surface area (Å²) in [4.78, 5) is 22.9. The van der Waals surface area contributed by atoms with E-state index in [2.05, 4.69) is 5.32 Å². The molecule has 0 aromatic heterocycles. The molecular formula is C14H15NO4. The van der Waals surface area contributed by atoms with Crippen molar-refractivity contribution in [1.82, 2.24) is 5.32 Å². The Kier molecular flexibility index (Phi) is 2.69. The molecule has 0 saturated heterocycles.